The Morgan fingerprint density at radius 1 is 1.31 bits per heavy atom. The number of nitrogens with one attached hydrogen (secondary N) is 1. The van der Waals surface area contributed by atoms with Crippen LogP contribution in [-0.2, 0) is 19.6 Å². The third kappa shape index (κ3) is 5.18. The van der Waals surface area contributed by atoms with Gasteiger partial charge in [0.2, 0.25) is 15.9 Å². The molecule has 144 valence electrons. The van der Waals surface area contributed by atoms with Crippen LogP contribution in [0.4, 0.5) is 5.69 Å². The largest absolute Gasteiger partial charge is 0.491 e. The van der Waals surface area contributed by atoms with Crippen LogP contribution in [0.15, 0.2) is 24.3 Å². The lowest BCUT2D eigenvalue weighted by molar-refractivity contribution is -0.120. The van der Waals surface area contributed by atoms with Crippen molar-refractivity contribution in [1.82, 2.24) is 4.31 Å². The molecule has 1 amide bonds. The first kappa shape index (κ1) is 19.1. The summed E-state index contributed by atoms with van der Waals surface area (Å²) in [5, 5.41) is 2.92. The van der Waals surface area contributed by atoms with Gasteiger partial charge in [-0.1, -0.05) is 6.07 Å². The Morgan fingerprint density at radius 2 is 2.08 bits per heavy atom. The van der Waals surface area contributed by atoms with Crippen LogP contribution in [0.25, 0.3) is 0 Å². The second-order valence-corrected chi connectivity index (χ2v) is 8.88. The molecule has 2 heterocycles. The van der Waals surface area contributed by atoms with Gasteiger partial charge in [0.1, 0.15) is 12.4 Å². The highest BCUT2D eigenvalue weighted by Gasteiger charge is 2.29. The molecule has 3 rings (SSSR count). The first-order chi connectivity index (χ1) is 12.4. The monoisotopic (exact) mass is 382 g/mol. The number of sulfonamides is 1. The van der Waals surface area contributed by atoms with Gasteiger partial charge in [0, 0.05) is 37.4 Å². The minimum Gasteiger partial charge on any atom is -0.491 e. The fraction of sp³-hybridized carbons (Fsp3) is 0.611. The van der Waals surface area contributed by atoms with Gasteiger partial charge in [-0.2, -0.15) is 0 Å². The molecule has 0 saturated carbocycles. The van der Waals surface area contributed by atoms with E-state index >= 15 is 0 Å². The molecule has 0 spiro atoms. The minimum absolute atomic E-state index is 0.0746. The standard InChI is InChI=1S/C18H26N2O5S/c1-26(22,23)20-9-7-14(8-10-20)18(21)19-15-4-2-5-16(12-15)25-13-17-6-3-11-24-17/h2,4-5,12,14,17H,3,6-11,13H2,1H3,(H,19,21). The number of anilines is 1. The predicted molar refractivity (Wildman–Crippen MR) is 98.7 cm³/mol. The van der Waals surface area contributed by atoms with E-state index in [0.717, 1.165) is 19.4 Å². The summed E-state index contributed by atoms with van der Waals surface area (Å²) in [4.78, 5) is 12.5. The average Bonchev–Trinajstić information content (AvgIpc) is 3.13. The van der Waals surface area contributed by atoms with E-state index in [1.165, 1.54) is 10.6 Å². The highest BCUT2D eigenvalue weighted by Crippen LogP contribution is 2.23. The van der Waals surface area contributed by atoms with Crippen molar-refractivity contribution < 1.29 is 22.7 Å². The summed E-state index contributed by atoms with van der Waals surface area (Å²) in [6.45, 7) is 2.09. The highest BCUT2D eigenvalue weighted by atomic mass is 32.2. The van der Waals surface area contributed by atoms with Crippen LogP contribution in [0, 0.1) is 5.92 Å². The van der Waals surface area contributed by atoms with E-state index in [-0.39, 0.29) is 17.9 Å². The van der Waals surface area contributed by atoms with E-state index in [4.69, 9.17) is 9.47 Å². The number of ether oxygens (including phenoxy) is 2. The van der Waals surface area contributed by atoms with Gasteiger partial charge >= 0.3 is 0 Å². The molecule has 0 radical (unpaired) electrons. The summed E-state index contributed by atoms with van der Waals surface area (Å²) in [5.74, 6) is 0.448. The molecule has 0 bridgehead atoms. The third-order valence-corrected chi connectivity index (χ3v) is 6.16. The third-order valence-electron chi connectivity index (χ3n) is 4.86. The summed E-state index contributed by atoms with van der Waals surface area (Å²) in [6, 6.07) is 7.32. The van der Waals surface area contributed by atoms with Crippen LogP contribution in [0.5, 0.6) is 5.75 Å². The van der Waals surface area contributed by atoms with Crippen molar-refractivity contribution in [3.8, 4) is 5.75 Å². The smallest absolute Gasteiger partial charge is 0.227 e. The van der Waals surface area contributed by atoms with Crippen molar-refractivity contribution in [3.05, 3.63) is 24.3 Å². The normalized spacial score (nSPS) is 22.3. The van der Waals surface area contributed by atoms with E-state index in [0.29, 0.717) is 44.0 Å². The SMILES string of the molecule is CS(=O)(=O)N1CCC(C(=O)Nc2cccc(OCC3CCCO3)c2)CC1. The lowest BCUT2D eigenvalue weighted by atomic mass is 9.97. The molecule has 2 fully saturated rings. The van der Waals surface area contributed by atoms with Crippen molar-refractivity contribution in [1.29, 1.82) is 0 Å². The van der Waals surface area contributed by atoms with Gasteiger partial charge in [0.05, 0.1) is 12.4 Å². The molecule has 1 unspecified atom stereocenters. The van der Waals surface area contributed by atoms with Crippen LogP contribution in [0.1, 0.15) is 25.7 Å². The number of piperidine rings is 1. The van der Waals surface area contributed by atoms with E-state index < -0.39 is 10.0 Å². The van der Waals surface area contributed by atoms with Gasteiger partial charge in [0.15, 0.2) is 0 Å². The maximum atomic E-state index is 12.5. The fourth-order valence-electron chi connectivity index (χ4n) is 3.32. The number of hydrogen-bond donors (Lipinski definition) is 1. The Labute approximate surface area is 154 Å². The Morgan fingerprint density at radius 3 is 2.73 bits per heavy atom. The number of carbonyl (C=O) groups is 1. The quantitative estimate of drug-likeness (QED) is 0.812. The fourth-order valence-corrected chi connectivity index (χ4v) is 4.20. The molecule has 8 heteroatoms. The molecule has 0 aromatic heterocycles. The van der Waals surface area contributed by atoms with Crippen molar-refractivity contribution in [3.63, 3.8) is 0 Å². The summed E-state index contributed by atoms with van der Waals surface area (Å²) in [5.41, 5.74) is 0.686. The van der Waals surface area contributed by atoms with Gasteiger partial charge in [-0.05, 0) is 37.8 Å². The van der Waals surface area contributed by atoms with Gasteiger partial charge < -0.3 is 14.8 Å². The highest BCUT2D eigenvalue weighted by molar-refractivity contribution is 7.88. The van der Waals surface area contributed by atoms with Crippen molar-refractivity contribution >= 4 is 21.6 Å². The lowest BCUT2D eigenvalue weighted by Crippen LogP contribution is -2.40. The van der Waals surface area contributed by atoms with Crippen LogP contribution in [0.3, 0.4) is 0 Å². The number of amides is 1. The van der Waals surface area contributed by atoms with E-state index in [2.05, 4.69) is 5.32 Å². The molecule has 1 N–H and O–H groups in total. The number of hydrogen-bond acceptors (Lipinski definition) is 5. The molecule has 2 aliphatic heterocycles. The Bertz CT molecular complexity index is 723. The molecular formula is C18H26N2O5S. The first-order valence-corrected chi connectivity index (χ1v) is 10.9. The molecule has 7 nitrogen and oxygen atoms in total. The van der Waals surface area contributed by atoms with Crippen LogP contribution < -0.4 is 10.1 Å². The van der Waals surface area contributed by atoms with E-state index in [9.17, 15) is 13.2 Å². The van der Waals surface area contributed by atoms with Crippen molar-refractivity contribution in [2.75, 3.05) is 37.9 Å². The van der Waals surface area contributed by atoms with Crippen LogP contribution >= 0.6 is 0 Å². The number of benzene rings is 1. The van der Waals surface area contributed by atoms with E-state index in [1.54, 1.807) is 6.07 Å². The van der Waals surface area contributed by atoms with Crippen molar-refractivity contribution in [2.45, 2.75) is 31.8 Å². The Hall–Kier alpha value is -1.64. The molecule has 1 atom stereocenters. The Kier molecular flexibility index (Phi) is 6.16. The minimum atomic E-state index is -3.18. The Balaban J connectivity index is 1.50. The average molecular weight is 382 g/mol. The van der Waals surface area contributed by atoms with Gasteiger partial charge in [0.25, 0.3) is 0 Å². The lowest BCUT2D eigenvalue weighted by Gasteiger charge is -2.29. The van der Waals surface area contributed by atoms with Crippen LogP contribution in [-0.4, -0.2) is 57.3 Å². The molecular weight excluding hydrogens is 356 g/mol. The number of rotatable bonds is 6. The predicted octanol–water partition coefficient (Wildman–Crippen LogP) is 1.85. The topological polar surface area (TPSA) is 84.9 Å². The first-order valence-electron chi connectivity index (χ1n) is 9.02. The maximum Gasteiger partial charge on any atom is 0.227 e. The molecule has 1 aromatic carbocycles. The summed E-state index contributed by atoms with van der Waals surface area (Å²) >= 11 is 0. The van der Waals surface area contributed by atoms with E-state index in [1.807, 2.05) is 18.2 Å². The molecule has 2 saturated heterocycles. The summed E-state index contributed by atoms with van der Waals surface area (Å²) in [6.07, 6.45) is 4.51. The summed E-state index contributed by atoms with van der Waals surface area (Å²) in [7, 11) is -3.18. The zero-order chi connectivity index (χ0) is 18.6. The maximum absolute atomic E-state index is 12.5. The van der Waals surface area contributed by atoms with Gasteiger partial charge in [-0.15, -0.1) is 0 Å². The summed E-state index contributed by atoms with van der Waals surface area (Å²) < 4.78 is 35.8. The molecule has 26 heavy (non-hydrogen) atoms. The zero-order valence-corrected chi connectivity index (χ0v) is 15.8. The number of nitrogens with zero attached hydrogens (tertiary/aromatic N) is 1. The van der Waals surface area contributed by atoms with Crippen LogP contribution in [0.2, 0.25) is 0 Å². The molecule has 0 aliphatic carbocycles. The second kappa shape index (κ2) is 8.37. The molecule has 2 aliphatic rings. The number of carbonyl (C=O) groups excluding carboxylic acids is 1. The molecule has 1 aromatic rings. The second-order valence-electron chi connectivity index (χ2n) is 6.90. The zero-order valence-electron chi connectivity index (χ0n) is 15.0. The van der Waals surface area contributed by atoms with Gasteiger partial charge in [-0.25, -0.2) is 12.7 Å². The van der Waals surface area contributed by atoms with Crippen molar-refractivity contribution in [2.24, 2.45) is 5.92 Å². The van der Waals surface area contributed by atoms with Gasteiger partial charge in [-0.3, -0.25) is 4.79 Å².